The number of rotatable bonds is 6. The van der Waals surface area contributed by atoms with Gasteiger partial charge in [-0.25, -0.2) is 0 Å². The molecule has 0 radical (unpaired) electrons. The van der Waals surface area contributed by atoms with Gasteiger partial charge >= 0.3 is 5.97 Å². The molecule has 1 aliphatic carbocycles. The first kappa shape index (κ1) is 17.6. The van der Waals surface area contributed by atoms with Crippen molar-refractivity contribution < 1.29 is 19.4 Å². The fourth-order valence-electron chi connectivity index (χ4n) is 3.78. The molecule has 1 saturated carbocycles. The third-order valence-electron chi connectivity index (χ3n) is 5.51. The highest BCUT2D eigenvalue weighted by Crippen LogP contribution is 2.49. The Balaban J connectivity index is 1.30. The van der Waals surface area contributed by atoms with E-state index in [0.717, 1.165) is 23.3 Å². The van der Waals surface area contributed by atoms with Crippen LogP contribution in [0.2, 0.25) is 0 Å². The number of likely N-dealkylation sites (tertiary alicyclic amines) is 1. The van der Waals surface area contributed by atoms with Crippen molar-refractivity contribution in [3.05, 3.63) is 65.7 Å². The Morgan fingerprint density at radius 1 is 1.07 bits per heavy atom. The van der Waals surface area contributed by atoms with Gasteiger partial charge in [0.2, 0.25) is 5.91 Å². The third kappa shape index (κ3) is 3.97. The van der Waals surface area contributed by atoms with Crippen LogP contribution < -0.4 is 4.74 Å². The largest absolute Gasteiger partial charge is 0.489 e. The first-order chi connectivity index (χ1) is 13.1. The van der Waals surface area contributed by atoms with Crippen LogP contribution in [0.5, 0.6) is 5.75 Å². The number of carboxylic acids is 1. The van der Waals surface area contributed by atoms with E-state index < -0.39 is 11.9 Å². The highest BCUT2D eigenvalue weighted by Gasteiger charge is 2.47. The summed E-state index contributed by atoms with van der Waals surface area (Å²) in [4.78, 5) is 25.4. The lowest BCUT2D eigenvalue weighted by atomic mass is 10.1. The van der Waals surface area contributed by atoms with E-state index >= 15 is 0 Å². The molecule has 1 heterocycles. The second kappa shape index (κ2) is 7.43. The number of carboxylic acid groups (broad SMARTS) is 1. The van der Waals surface area contributed by atoms with E-state index in [4.69, 9.17) is 9.84 Å². The average Bonchev–Trinajstić information content (AvgIpc) is 3.33. The van der Waals surface area contributed by atoms with Crippen molar-refractivity contribution >= 4 is 11.9 Å². The molecule has 27 heavy (non-hydrogen) atoms. The number of amides is 1. The highest BCUT2D eigenvalue weighted by atomic mass is 16.5. The number of nitrogens with zero attached hydrogens (tertiary/aromatic N) is 1. The summed E-state index contributed by atoms with van der Waals surface area (Å²) in [6, 6.07) is 18.0. The van der Waals surface area contributed by atoms with E-state index in [1.54, 1.807) is 4.90 Å². The number of ether oxygens (including phenoxy) is 1. The summed E-state index contributed by atoms with van der Waals surface area (Å²) in [5.74, 6) is -0.0581. The van der Waals surface area contributed by atoms with Gasteiger partial charge in [0, 0.05) is 19.0 Å². The molecule has 5 nitrogen and oxygen atoms in total. The van der Waals surface area contributed by atoms with Gasteiger partial charge in [0.05, 0.1) is 5.92 Å². The SMILES string of the molecule is O=C(O)[C@@H]1CCN(C(=O)[C@H]2C[C@@H]2c2ccc(OCc3ccccc3)cc2)C1. The van der Waals surface area contributed by atoms with Gasteiger partial charge in [-0.3, -0.25) is 9.59 Å². The maximum atomic E-state index is 12.6. The Bertz CT molecular complexity index is 818. The molecule has 1 amide bonds. The molecule has 140 valence electrons. The molecule has 4 rings (SSSR count). The predicted octanol–water partition coefficient (Wildman–Crippen LogP) is 3.30. The molecule has 0 spiro atoms. The molecule has 2 aliphatic rings. The molecule has 2 fully saturated rings. The van der Waals surface area contributed by atoms with Gasteiger partial charge < -0.3 is 14.7 Å². The Morgan fingerprint density at radius 2 is 1.81 bits per heavy atom. The molecule has 0 aromatic heterocycles. The molecular formula is C22H23NO4. The van der Waals surface area contributed by atoms with Crippen LogP contribution in [-0.4, -0.2) is 35.0 Å². The summed E-state index contributed by atoms with van der Waals surface area (Å²) in [5, 5.41) is 9.09. The smallest absolute Gasteiger partial charge is 0.308 e. The molecule has 5 heteroatoms. The molecular weight excluding hydrogens is 342 g/mol. The van der Waals surface area contributed by atoms with Gasteiger partial charge in [-0.1, -0.05) is 42.5 Å². The Hall–Kier alpha value is -2.82. The molecule has 2 aromatic rings. The number of hydrogen-bond donors (Lipinski definition) is 1. The molecule has 0 unspecified atom stereocenters. The van der Waals surface area contributed by atoms with E-state index in [1.165, 1.54) is 0 Å². The van der Waals surface area contributed by atoms with E-state index in [1.807, 2.05) is 54.6 Å². The monoisotopic (exact) mass is 365 g/mol. The summed E-state index contributed by atoms with van der Waals surface area (Å²) in [6.07, 6.45) is 1.41. The Morgan fingerprint density at radius 3 is 2.48 bits per heavy atom. The van der Waals surface area contributed by atoms with E-state index in [-0.39, 0.29) is 17.7 Å². The van der Waals surface area contributed by atoms with Crippen molar-refractivity contribution in [3.8, 4) is 5.75 Å². The second-order valence-corrected chi connectivity index (χ2v) is 7.40. The first-order valence-corrected chi connectivity index (χ1v) is 9.40. The minimum atomic E-state index is -0.802. The summed E-state index contributed by atoms with van der Waals surface area (Å²) in [5.41, 5.74) is 2.27. The second-order valence-electron chi connectivity index (χ2n) is 7.40. The van der Waals surface area contributed by atoms with Gasteiger partial charge in [0.1, 0.15) is 12.4 Å². The maximum absolute atomic E-state index is 12.6. The van der Waals surface area contributed by atoms with Crippen molar-refractivity contribution in [3.63, 3.8) is 0 Å². The lowest BCUT2D eigenvalue weighted by Crippen LogP contribution is -2.31. The lowest BCUT2D eigenvalue weighted by molar-refractivity contribution is -0.141. The normalized spacial score (nSPS) is 23.9. The first-order valence-electron chi connectivity index (χ1n) is 9.40. The standard InChI is InChI=1S/C22H23NO4/c24-21(23-11-10-17(13-23)22(25)26)20-12-19(20)16-6-8-18(9-7-16)27-14-15-4-2-1-3-5-15/h1-9,17,19-20H,10-14H2,(H,25,26)/t17-,19-,20+/m1/s1. The predicted molar refractivity (Wildman–Crippen MR) is 100 cm³/mol. The van der Waals surface area contributed by atoms with Crippen LogP contribution in [0.1, 0.15) is 29.9 Å². The van der Waals surface area contributed by atoms with E-state index in [0.29, 0.717) is 26.1 Å². The molecule has 1 N–H and O–H groups in total. The highest BCUT2D eigenvalue weighted by molar-refractivity contribution is 5.84. The summed E-state index contributed by atoms with van der Waals surface area (Å²) in [6.45, 7) is 1.44. The maximum Gasteiger partial charge on any atom is 0.308 e. The van der Waals surface area contributed by atoms with Crippen molar-refractivity contribution in [2.24, 2.45) is 11.8 Å². The minimum absolute atomic E-state index is 0.00590. The van der Waals surface area contributed by atoms with Gasteiger partial charge in [-0.2, -0.15) is 0 Å². The number of benzene rings is 2. The molecule has 0 bridgehead atoms. The molecule has 1 aliphatic heterocycles. The quantitative estimate of drug-likeness (QED) is 0.853. The van der Waals surface area contributed by atoms with Gasteiger partial charge in [-0.15, -0.1) is 0 Å². The molecule has 2 aromatic carbocycles. The molecule has 3 atom stereocenters. The number of carbonyl (C=O) groups excluding carboxylic acids is 1. The van der Waals surface area contributed by atoms with Crippen molar-refractivity contribution in [1.29, 1.82) is 0 Å². The zero-order valence-corrected chi connectivity index (χ0v) is 15.1. The molecule has 1 saturated heterocycles. The Kier molecular flexibility index (Phi) is 4.84. The van der Waals surface area contributed by atoms with Crippen LogP contribution >= 0.6 is 0 Å². The summed E-state index contributed by atoms with van der Waals surface area (Å²) < 4.78 is 5.81. The average molecular weight is 365 g/mol. The topological polar surface area (TPSA) is 66.8 Å². The number of carbonyl (C=O) groups is 2. The van der Waals surface area contributed by atoms with Crippen LogP contribution in [0.4, 0.5) is 0 Å². The Labute approximate surface area is 158 Å². The van der Waals surface area contributed by atoms with E-state index in [9.17, 15) is 9.59 Å². The number of aliphatic carboxylic acids is 1. The van der Waals surface area contributed by atoms with Gasteiger partial charge in [0.15, 0.2) is 0 Å². The zero-order valence-electron chi connectivity index (χ0n) is 15.1. The van der Waals surface area contributed by atoms with Crippen LogP contribution in [0.25, 0.3) is 0 Å². The zero-order chi connectivity index (χ0) is 18.8. The fraction of sp³-hybridized carbons (Fsp3) is 0.364. The van der Waals surface area contributed by atoms with Crippen LogP contribution in [0.15, 0.2) is 54.6 Å². The van der Waals surface area contributed by atoms with Crippen molar-refractivity contribution in [2.45, 2.75) is 25.4 Å². The lowest BCUT2D eigenvalue weighted by Gasteiger charge is -2.15. The van der Waals surface area contributed by atoms with Crippen molar-refractivity contribution in [2.75, 3.05) is 13.1 Å². The minimum Gasteiger partial charge on any atom is -0.489 e. The van der Waals surface area contributed by atoms with Gasteiger partial charge in [0.25, 0.3) is 0 Å². The van der Waals surface area contributed by atoms with Crippen LogP contribution in [-0.2, 0) is 16.2 Å². The van der Waals surface area contributed by atoms with Crippen molar-refractivity contribution in [1.82, 2.24) is 4.90 Å². The third-order valence-corrected chi connectivity index (χ3v) is 5.51. The summed E-state index contributed by atoms with van der Waals surface area (Å²) >= 11 is 0. The van der Waals surface area contributed by atoms with Crippen LogP contribution in [0, 0.1) is 11.8 Å². The van der Waals surface area contributed by atoms with Gasteiger partial charge in [-0.05, 0) is 42.0 Å². The summed E-state index contributed by atoms with van der Waals surface area (Å²) in [7, 11) is 0. The number of hydrogen-bond acceptors (Lipinski definition) is 3. The van der Waals surface area contributed by atoms with Crippen LogP contribution in [0.3, 0.4) is 0 Å². The fourth-order valence-corrected chi connectivity index (χ4v) is 3.78. The van der Waals surface area contributed by atoms with E-state index in [2.05, 4.69) is 0 Å².